The number of benzene rings is 3. The molecule has 3 aromatic rings. The number of thioether (sulfide) groups is 1. The molecule has 1 fully saturated rings. The lowest BCUT2D eigenvalue weighted by molar-refractivity contribution is -0.122. The number of nitrogens with zero attached hydrogens (tertiary/aromatic N) is 1. The van der Waals surface area contributed by atoms with Gasteiger partial charge in [0.05, 0.1) is 11.5 Å². The Balaban J connectivity index is 1.54. The van der Waals surface area contributed by atoms with E-state index in [2.05, 4.69) is 6.58 Å². The van der Waals surface area contributed by atoms with Gasteiger partial charge in [-0.3, -0.25) is 14.5 Å². The number of halogens is 1. The van der Waals surface area contributed by atoms with E-state index in [9.17, 15) is 9.59 Å². The van der Waals surface area contributed by atoms with Crippen molar-refractivity contribution in [3.63, 3.8) is 0 Å². The smallest absolute Gasteiger partial charge is 0.293 e. The summed E-state index contributed by atoms with van der Waals surface area (Å²) in [7, 11) is 0. The summed E-state index contributed by atoms with van der Waals surface area (Å²) in [4.78, 5) is 27.4. The number of imide groups is 1. The Kier molecular flexibility index (Phi) is 9.68. The molecule has 3 aromatic carbocycles. The van der Waals surface area contributed by atoms with Gasteiger partial charge in [-0.05, 0) is 73.4 Å². The van der Waals surface area contributed by atoms with Gasteiger partial charge in [-0.15, -0.1) is 6.58 Å². The van der Waals surface area contributed by atoms with Crippen molar-refractivity contribution in [3.8, 4) is 11.5 Å². The predicted octanol–water partition coefficient (Wildman–Crippen LogP) is 7.72. The van der Waals surface area contributed by atoms with E-state index in [-0.39, 0.29) is 17.8 Å². The molecule has 1 aliphatic heterocycles. The molecule has 0 atom stereocenters. The molecule has 0 radical (unpaired) electrons. The molecule has 5 nitrogen and oxygen atoms in total. The fourth-order valence-electron chi connectivity index (χ4n) is 4.20. The minimum atomic E-state index is -0.268. The third kappa shape index (κ3) is 6.88. The van der Waals surface area contributed by atoms with Crippen LogP contribution in [0.1, 0.15) is 35.6 Å². The van der Waals surface area contributed by atoms with Gasteiger partial charge in [0.25, 0.3) is 11.1 Å². The highest BCUT2D eigenvalue weighted by Gasteiger charge is 2.34. The van der Waals surface area contributed by atoms with Crippen molar-refractivity contribution >= 4 is 40.6 Å². The van der Waals surface area contributed by atoms with Crippen molar-refractivity contribution in [2.45, 2.75) is 32.8 Å². The van der Waals surface area contributed by atoms with Gasteiger partial charge < -0.3 is 9.47 Å². The molecular formula is C31H30ClNO4S. The number of hydrogen-bond donors (Lipinski definition) is 0. The van der Waals surface area contributed by atoms with Crippen LogP contribution in [-0.4, -0.2) is 29.2 Å². The Morgan fingerprint density at radius 2 is 1.76 bits per heavy atom. The van der Waals surface area contributed by atoms with Gasteiger partial charge in [-0.1, -0.05) is 66.2 Å². The lowest BCUT2D eigenvalue weighted by atomic mass is 10.0. The summed E-state index contributed by atoms with van der Waals surface area (Å²) < 4.78 is 12.1. The van der Waals surface area contributed by atoms with Gasteiger partial charge in [0.15, 0.2) is 11.5 Å². The van der Waals surface area contributed by atoms with Crippen LogP contribution < -0.4 is 9.47 Å². The predicted molar refractivity (Wildman–Crippen MR) is 155 cm³/mol. The average molecular weight is 548 g/mol. The molecule has 7 heteroatoms. The van der Waals surface area contributed by atoms with E-state index in [0.29, 0.717) is 47.4 Å². The second kappa shape index (κ2) is 13.4. The van der Waals surface area contributed by atoms with E-state index in [1.54, 1.807) is 12.2 Å². The molecule has 1 heterocycles. The second-order valence-corrected chi connectivity index (χ2v) is 10.1. The van der Waals surface area contributed by atoms with Gasteiger partial charge in [0, 0.05) is 22.7 Å². The summed E-state index contributed by atoms with van der Waals surface area (Å²) >= 11 is 7.28. The molecule has 4 rings (SSSR count). The largest absolute Gasteiger partial charge is 0.490 e. The van der Waals surface area contributed by atoms with Crippen LogP contribution in [0.2, 0.25) is 5.02 Å². The number of amides is 2. The third-order valence-corrected chi connectivity index (χ3v) is 7.29. The zero-order valence-electron chi connectivity index (χ0n) is 21.3. The maximum atomic E-state index is 13.1. The SMILES string of the molecule is C=CCc1cc(/C=C2/SC(=O)N(CCCc3ccccc3)C2=O)cc(OCC)c1OCc1ccccc1Cl. The summed E-state index contributed by atoms with van der Waals surface area (Å²) in [6.45, 7) is 6.89. The zero-order valence-corrected chi connectivity index (χ0v) is 22.9. The monoisotopic (exact) mass is 547 g/mol. The molecule has 0 bridgehead atoms. The Morgan fingerprint density at radius 1 is 1.00 bits per heavy atom. The maximum absolute atomic E-state index is 13.1. The topological polar surface area (TPSA) is 55.8 Å². The number of rotatable bonds is 12. The first-order valence-electron chi connectivity index (χ1n) is 12.6. The molecular weight excluding hydrogens is 518 g/mol. The maximum Gasteiger partial charge on any atom is 0.293 e. The van der Waals surface area contributed by atoms with Crippen LogP contribution in [0.5, 0.6) is 11.5 Å². The number of carbonyl (C=O) groups excluding carboxylic acids is 2. The number of carbonyl (C=O) groups is 2. The van der Waals surface area contributed by atoms with Crippen LogP contribution in [0, 0.1) is 0 Å². The van der Waals surface area contributed by atoms with Gasteiger partial charge >= 0.3 is 0 Å². The molecule has 196 valence electrons. The highest BCUT2D eigenvalue weighted by Crippen LogP contribution is 2.38. The van der Waals surface area contributed by atoms with Crippen molar-refractivity contribution in [2.24, 2.45) is 0 Å². The molecule has 0 unspecified atom stereocenters. The molecule has 1 saturated heterocycles. The lowest BCUT2D eigenvalue weighted by Gasteiger charge is -2.17. The van der Waals surface area contributed by atoms with Gasteiger partial charge in [0.2, 0.25) is 0 Å². The van der Waals surface area contributed by atoms with Crippen molar-refractivity contribution in [1.29, 1.82) is 0 Å². The molecule has 0 spiro atoms. The first-order chi connectivity index (χ1) is 18.5. The normalized spacial score (nSPS) is 14.3. The van der Waals surface area contributed by atoms with E-state index in [4.69, 9.17) is 21.1 Å². The van der Waals surface area contributed by atoms with Crippen molar-refractivity contribution in [1.82, 2.24) is 4.90 Å². The highest BCUT2D eigenvalue weighted by atomic mass is 35.5. The summed E-state index contributed by atoms with van der Waals surface area (Å²) in [5.41, 5.74) is 3.67. The minimum absolute atomic E-state index is 0.245. The summed E-state index contributed by atoms with van der Waals surface area (Å²) in [5, 5.41) is 0.386. The molecule has 2 amide bonds. The van der Waals surface area contributed by atoms with Crippen LogP contribution in [0.15, 0.2) is 84.3 Å². The molecule has 0 aromatic heterocycles. The van der Waals surface area contributed by atoms with E-state index in [1.165, 1.54) is 10.5 Å². The van der Waals surface area contributed by atoms with Crippen LogP contribution in [0.25, 0.3) is 6.08 Å². The summed E-state index contributed by atoms with van der Waals surface area (Å²) in [6.07, 6.45) is 5.60. The van der Waals surface area contributed by atoms with Crippen LogP contribution in [-0.2, 0) is 24.2 Å². The molecule has 0 aliphatic carbocycles. The Bertz CT molecular complexity index is 1340. The Morgan fingerprint density at radius 3 is 2.50 bits per heavy atom. The number of ether oxygens (including phenoxy) is 2. The first kappa shape index (κ1) is 27.6. The summed E-state index contributed by atoms with van der Waals surface area (Å²) in [6, 6.07) is 21.4. The van der Waals surface area contributed by atoms with E-state index in [0.717, 1.165) is 34.9 Å². The van der Waals surface area contributed by atoms with Crippen LogP contribution >= 0.6 is 23.4 Å². The van der Waals surface area contributed by atoms with E-state index >= 15 is 0 Å². The molecule has 0 saturated carbocycles. The van der Waals surface area contributed by atoms with Gasteiger partial charge in [0.1, 0.15) is 6.61 Å². The Labute approximate surface area is 233 Å². The third-order valence-electron chi connectivity index (χ3n) is 6.01. The summed E-state index contributed by atoms with van der Waals surface area (Å²) in [5.74, 6) is 0.903. The van der Waals surface area contributed by atoms with Gasteiger partial charge in [-0.25, -0.2) is 0 Å². The quantitative estimate of drug-likeness (QED) is 0.172. The lowest BCUT2D eigenvalue weighted by Crippen LogP contribution is -2.29. The van der Waals surface area contributed by atoms with Crippen molar-refractivity contribution in [2.75, 3.05) is 13.2 Å². The first-order valence-corrected chi connectivity index (χ1v) is 13.8. The van der Waals surface area contributed by atoms with E-state index < -0.39 is 0 Å². The highest BCUT2D eigenvalue weighted by molar-refractivity contribution is 8.18. The van der Waals surface area contributed by atoms with Gasteiger partial charge in [-0.2, -0.15) is 0 Å². The Hall–Kier alpha value is -3.48. The number of aryl methyl sites for hydroxylation is 1. The molecule has 38 heavy (non-hydrogen) atoms. The standard InChI is InChI=1S/C31H30ClNO4S/c1-3-11-24-18-23(19-27(36-4-2)29(24)37-21-25-15-8-9-16-26(25)32)20-28-30(34)33(31(35)38-28)17-10-14-22-12-6-5-7-13-22/h3,5-9,12-13,15-16,18-20H,1,4,10-11,14,17,21H2,2H3/b28-20+. The minimum Gasteiger partial charge on any atom is -0.490 e. The second-order valence-electron chi connectivity index (χ2n) is 8.74. The molecule has 0 N–H and O–H groups in total. The van der Waals surface area contributed by atoms with Crippen LogP contribution in [0.3, 0.4) is 0 Å². The number of allylic oxidation sites excluding steroid dienone is 1. The fraction of sp³-hybridized carbons (Fsp3) is 0.226. The number of hydrogen-bond acceptors (Lipinski definition) is 5. The molecule has 1 aliphatic rings. The van der Waals surface area contributed by atoms with Crippen molar-refractivity contribution in [3.05, 3.63) is 112 Å². The average Bonchev–Trinajstić information content (AvgIpc) is 3.17. The van der Waals surface area contributed by atoms with Crippen molar-refractivity contribution < 1.29 is 19.1 Å². The van der Waals surface area contributed by atoms with E-state index in [1.807, 2.05) is 73.7 Å². The fourth-order valence-corrected chi connectivity index (χ4v) is 5.25. The van der Waals surface area contributed by atoms with Crippen LogP contribution in [0.4, 0.5) is 4.79 Å². The zero-order chi connectivity index (χ0) is 26.9.